The number of hydrogen-bond acceptors (Lipinski definition) is 30. The molecule has 6 N–H and O–H groups in total. The number of amides is 5. The van der Waals surface area contributed by atoms with Crippen molar-refractivity contribution < 1.29 is 188 Å². The maximum atomic E-state index is 13.6. The number of nitrogens with zero attached hydrogens (tertiary/aromatic N) is 14. The van der Waals surface area contributed by atoms with Crippen molar-refractivity contribution in [3.8, 4) is 34.7 Å². The van der Waals surface area contributed by atoms with Crippen LogP contribution in [0.5, 0.6) is 17.2 Å². The average Bonchev–Trinajstić information content (AvgIpc) is 1.42. The fourth-order valence-electron chi connectivity index (χ4n) is 14.8. The van der Waals surface area contributed by atoms with Gasteiger partial charge in [-0.25, -0.2) is 53.0 Å². The molecule has 6 aromatic heterocycles. The fraction of sp³-hybridized carbons (Fsp3) is 0.500. The Morgan fingerprint density at radius 3 is 1.11 bits per heavy atom. The number of unbranched alkanes of at least 4 members (excludes halogenated alkanes) is 2. The number of rotatable bonds is 23. The molecule has 13 rings (SSSR count). The van der Waals surface area contributed by atoms with Crippen LogP contribution in [0, 0.1) is 0 Å². The Bertz CT molecular complexity index is 6150. The SMILES string of the molecule is C.C=CCCCCN(C)C(=O)[C@@H]1C[C@H](Oc2cc(-n3ccc(C(F)(F)F)n3)nc3c(Cl)c(CO)ccc23)CN1C(=O)OC(C)(C)C.CC(C)(C)OC(=O)N1C[C@@H](Oc2cc(-n3ccc(C(F)(F)F)n3)nc3c(Cl)c(CO)ccc23)C[C@H]1OC=O.CC(C)(C)OC(=O)N1C[C@H](O)C[C@H]1C(=O)CO.COC(=O)[C@@H]1C[C@H](Oc2cc(-n3ccc(C(F)(F)F)n3)nc3c(Cl)c(CO)ccc23)CN1C(=O)OC(C)(C)C.O=CC(F)(F)F.[Li+].[OH-]. The van der Waals surface area contributed by atoms with Gasteiger partial charge in [-0.05, 0) is 155 Å². The van der Waals surface area contributed by atoms with Gasteiger partial charge < -0.3 is 78.5 Å². The topological polar surface area (TPSA) is 476 Å². The number of aldehydes is 1. The third kappa shape index (κ3) is 33.4. The first-order chi connectivity index (χ1) is 67.4. The molecule has 0 unspecified atom stereocenters. The van der Waals surface area contributed by atoms with Crippen LogP contribution in [0.4, 0.5) is 71.9 Å². The fourth-order valence-corrected chi connectivity index (χ4v) is 15.6. The number of aliphatic hydroxyl groups is 5. The Labute approximate surface area is 867 Å². The van der Waals surface area contributed by atoms with Crippen LogP contribution in [0.25, 0.3) is 50.2 Å². The van der Waals surface area contributed by atoms with E-state index in [9.17, 15) is 111 Å². The van der Waals surface area contributed by atoms with Gasteiger partial charge in [0.05, 0.1) is 96.9 Å². The van der Waals surface area contributed by atoms with Gasteiger partial charge >= 0.3 is 73.9 Å². The Balaban J connectivity index is 0.000000304. The van der Waals surface area contributed by atoms with Gasteiger partial charge in [-0.15, -0.1) is 6.58 Å². The first-order valence-electron chi connectivity index (χ1n) is 44.4. The average molecular weight is 2160 g/mol. The third-order valence-electron chi connectivity index (χ3n) is 21.3. The van der Waals surface area contributed by atoms with E-state index in [1.54, 1.807) is 131 Å². The minimum atomic E-state index is -4.67. The molecular formula is C94H112Cl3F12LiN14O24. The van der Waals surface area contributed by atoms with Crippen LogP contribution in [0.3, 0.4) is 0 Å². The molecule has 9 aromatic rings. The number of carbonyl (C=O) groups is 9. The van der Waals surface area contributed by atoms with Crippen LogP contribution in [0.2, 0.25) is 15.1 Å². The zero-order valence-electron chi connectivity index (χ0n) is 82.0. The first-order valence-corrected chi connectivity index (χ1v) is 45.5. The van der Waals surface area contributed by atoms with Crippen LogP contribution < -0.4 is 33.1 Å². The number of halogens is 15. The molecule has 4 aliphatic rings. The molecule has 4 aliphatic heterocycles. The van der Waals surface area contributed by atoms with Crippen molar-refractivity contribution >= 4 is 122 Å². The molecule has 4 saturated heterocycles. The predicted molar refractivity (Wildman–Crippen MR) is 503 cm³/mol. The van der Waals surface area contributed by atoms with Gasteiger partial charge in [0.1, 0.15) is 76.7 Å². The zero-order valence-corrected chi connectivity index (χ0v) is 84.3. The minimum Gasteiger partial charge on any atom is -0.870 e. The molecule has 0 aliphatic carbocycles. The number of ketones is 1. The maximum absolute atomic E-state index is 13.6. The summed E-state index contributed by atoms with van der Waals surface area (Å²) < 4.78 is 203. The number of fused-ring (bicyclic) bond motifs is 3. The molecule has 5 amide bonds. The van der Waals surface area contributed by atoms with E-state index in [4.69, 9.17) is 87.3 Å². The summed E-state index contributed by atoms with van der Waals surface area (Å²) in [6.07, 6.45) is -18.2. The molecule has 0 saturated carbocycles. The second-order valence-corrected chi connectivity index (χ2v) is 38.2. The van der Waals surface area contributed by atoms with Gasteiger partial charge in [-0.2, -0.15) is 68.0 Å². The standard InChI is InChI=1S/C31H37ClF3N5O5.C25H26ClF3N4O6.C24H24ClF3N4O6.C11H19NO5.C2HF3O.CH4.Li.H2O/c1-6-7-8-9-13-38(5)28(42)22-15-20(17-39(22)29(43)45-30(2,3)4)44-23-16-25(40-14-12-24(37-40)31(33,34)35)36-27-21(23)11-10-19(18-41)26(27)32;1-24(2,3)39-23(36)32-11-14(9-16(32)22(35)37-4)38-17-10-19(33-8-7-18(31-33)25(27,28)29)30-21-15(17)6-5-13(12-34)20(21)26;1-23(2,3)38-22(35)31-10-14(8-19(31)36-12-34)37-16-9-18(32-7-6-17(30-32)24(26,27)28)29-21-15(16)5-4-13(11-33)20(21)25;1-11(2,3)17-10(16)12-5-7(14)4-8(12)9(15)6-13;3-2(4,5)1-6;;;/h6,10-12,14,16,20,22,41H,1,7-9,13,15,17-18H2,2-5H3;5-8,10,14,16,34H,9,11-12H2,1-4H3;4-7,9,12,14,19,33H,8,10-11H2,1-3H3;7-8,13-14H,4-6H2,1-3H3;1H;1H4;;1H2/q;;;;;;+1;/p-1/t20-,22-;14-,16-;14-,19+;7-,8+;;;;/m0001..../s1. The number of aliphatic hydroxyl groups excluding tert-OH is 5. The number of likely N-dealkylation sites (N-methyl/N-ethyl adjacent to an activating group) is 1. The number of esters is 1. The van der Waals surface area contributed by atoms with E-state index in [-0.39, 0.29) is 162 Å². The molecule has 54 heteroatoms. The van der Waals surface area contributed by atoms with Crippen molar-refractivity contribution in [2.24, 2.45) is 0 Å². The number of ether oxygens (including phenoxy) is 9. The monoisotopic (exact) mass is 2160 g/mol. The Morgan fingerprint density at radius 1 is 0.480 bits per heavy atom. The number of carbonyl (C=O) groups excluding carboxylic acids is 9. The summed E-state index contributed by atoms with van der Waals surface area (Å²) in [5.74, 6) is -0.917. The summed E-state index contributed by atoms with van der Waals surface area (Å²) in [7, 11) is 2.88. The zero-order chi connectivity index (χ0) is 108. The Hall–Kier alpha value is -12.1. The van der Waals surface area contributed by atoms with Crippen molar-refractivity contribution in [3.63, 3.8) is 0 Å². The molecule has 0 radical (unpaired) electrons. The molecule has 38 nitrogen and oxygen atoms in total. The second-order valence-electron chi connectivity index (χ2n) is 37.1. The number of alkyl halides is 12. The van der Waals surface area contributed by atoms with Crippen LogP contribution >= 0.6 is 34.8 Å². The molecule has 10 heterocycles. The number of β-amino-alcohol motifs (C(OH)–C–C–N with tert-alkyl or cyclic N) is 1. The molecule has 808 valence electrons. The number of pyridine rings is 3. The number of Topliss-reactive ketones (excluding diaryl/α,β-unsaturated/α-hetero) is 1. The van der Waals surface area contributed by atoms with E-state index >= 15 is 0 Å². The predicted octanol–water partition coefficient (Wildman–Crippen LogP) is 13.3. The smallest absolute Gasteiger partial charge is 0.870 e. The van der Waals surface area contributed by atoms with Crippen molar-refractivity contribution in [1.29, 1.82) is 0 Å². The molecule has 0 bridgehead atoms. The second kappa shape index (κ2) is 51.4. The van der Waals surface area contributed by atoms with Crippen molar-refractivity contribution in [2.75, 3.05) is 53.5 Å². The van der Waals surface area contributed by atoms with Crippen molar-refractivity contribution in [3.05, 3.63) is 153 Å². The summed E-state index contributed by atoms with van der Waals surface area (Å²) in [4.78, 5) is 128. The molecule has 4 fully saturated rings. The van der Waals surface area contributed by atoms with E-state index in [1.807, 2.05) is 6.08 Å². The normalized spacial score (nSPS) is 17.9. The number of allylic oxidation sites excluding steroid dienone is 1. The van der Waals surface area contributed by atoms with Crippen LogP contribution in [-0.2, 0) is 90.7 Å². The molecule has 0 spiro atoms. The van der Waals surface area contributed by atoms with E-state index < -0.39 is 182 Å². The van der Waals surface area contributed by atoms with Gasteiger partial charge in [-0.1, -0.05) is 66.5 Å². The van der Waals surface area contributed by atoms with Gasteiger partial charge in [0.2, 0.25) is 12.2 Å². The minimum absolute atomic E-state index is 0. The van der Waals surface area contributed by atoms with Crippen LogP contribution in [0.15, 0.2) is 104 Å². The van der Waals surface area contributed by atoms with Gasteiger partial charge in [0.15, 0.2) is 46.5 Å². The summed E-state index contributed by atoms with van der Waals surface area (Å²) in [6, 6.07) is 13.5. The Kier molecular flexibility index (Phi) is 43.3. The quantitative estimate of drug-likeness (QED) is 0.00755. The molecule has 3 aromatic carbocycles. The van der Waals surface area contributed by atoms with Crippen LogP contribution in [0.1, 0.15) is 169 Å². The van der Waals surface area contributed by atoms with E-state index in [1.165, 1.54) is 44.9 Å². The van der Waals surface area contributed by atoms with Crippen LogP contribution in [-0.4, -0.2) is 285 Å². The number of methoxy groups -OCH3 is 1. The summed E-state index contributed by atoms with van der Waals surface area (Å²) in [5, 5.41) is 59.5. The van der Waals surface area contributed by atoms with Crippen molar-refractivity contribution in [2.45, 2.75) is 251 Å². The van der Waals surface area contributed by atoms with Gasteiger partial charge in [0, 0.05) is 92.2 Å². The summed E-state index contributed by atoms with van der Waals surface area (Å²) >= 11 is 19.4. The largest absolute Gasteiger partial charge is 1.00 e. The number of likely N-dealkylation sites (tertiary alicyclic amines) is 4. The third-order valence-corrected chi connectivity index (χ3v) is 22.5. The van der Waals surface area contributed by atoms with E-state index in [0.717, 1.165) is 70.1 Å². The maximum Gasteiger partial charge on any atom is 1.00 e. The summed E-state index contributed by atoms with van der Waals surface area (Å²) in [5.41, 5.74) is -4.87. The van der Waals surface area contributed by atoms with E-state index in [0.29, 0.717) is 39.4 Å². The first kappa shape index (κ1) is 125. The van der Waals surface area contributed by atoms with Crippen molar-refractivity contribution in [1.82, 2.24) is 68.8 Å². The molecule has 148 heavy (non-hydrogen) atoms. The Morgan fingerprint density at radius 2 is 0.804 bits per heavy atom. The number of hydrogen-bond donors (Lipinski definition) is 5. The molecule has 8 atom stereocenters. The van der Waals surface area contributed by atoms with E-state index in [2.05, 4.69) is 36.8 Å². The number of benzene rings is 3. The summed E-state index contributed by atoms with van der Waals surface area (Å²) in [6.45, 7) is 23.1. The number of aromatic nitrogens is 9. The molecular weight excluding hydrogens is 2050 g/mol. The van der Waals surface area contributed by atoms with Gasteiger partial charge in [0.25, 0.3) is 6.47 Å². The van der Waals surface area contributed by atoms with Gasteiger partial charge in [-0.3, -0.25) is 38.8 Å².